The van der Waals surface area contributed by atoms with Crippen molar-refractivity contribution < 1.29 is 14.3 Å². The largest absolute Gasteiger partial charge is 0.484 e. The number of anilines is 1. The van der Waals surface area contributed by atoms with Gasteiger partial charge in [-0.2, -0.15) is 0 Å². The molecule has 0 radical (unpaired) electrons. The van der Waals surface area contributed by atoms with E-state index in [4.69, 9.17) is 16.3 Å². The molecule has 2 aliphatic heterocycles. The summed E-state index contributed by atoms with van der Waals surface area (Å²) in [7, 11) is 0. The second-order valence-corrected chi connectivity index (χ2v) is 6.93. The van der Waals surface area contributed by atoms with Crippen LogP contribution in [0.4, 0.5) is 10.5 Å². The van der Waals surface area contributed by atoms with E-state index in [1.165, 1.54) is 0 Å². The maximum atomic E-state index is 12.5. The Morgan fingerprint density at radius 1 is 1.16 bits per heavy atom. The number of para-hydroxylation sites is 1. The summed E-state index contributed by atoms with van der Waals surface area (Å²) in [6, 6.07) is 14.0. The minimum absolute atomic E-state index is 0.0711. The topological polar surface area (TPSA) is 58.6 Å². The Hall–Kier alpha value is -2.53. The molecule has 128 valence electrons. The Labute approximate surface area is 150 Å². The number of ketones is 1. The van der Waals surface area contributed by atoms with E-state index in [0.717, 1.165) is 0 Å². The van der Waals surface area contributed by atoms with E-state index in [9.17, 15) is 9.59 Å². The quantitative estimate of drug-likeness (QED) is 0.840. The number of carbonyl (C=O) groups excluding carboxylic acids is 2. The van der Waals surface area contributed by atoms with Crippen LogP contribution in [0.3, 0.4) is 0 Å². The van der Waals surface area contributed by atoms with Crippen LogP contribution in [-0.4, -0.2) is 35.4 Å². The van der Waals surface area contributed by atoms with Gasteiger partial charge in [-0.15, -0.1) is 0 Å². The van der Waals surface area contributed by atoms with Crippen molar-refractivity contribution in [2.75, 3.05) is 18.4 Å². The molecule has 0 aromatic heterocycles. The fraction of sp³-hybridized carbons (Fsp3) is 0.263. The number of hydrogen-bond acceptors (Lipinski definition) is 3. The Bertz CT molecular complexity index is 837. The molecule has 1 fully saturated rings. The second-order valence-electron chi connectivity index (χ2n) is 6.49. The van der Waals surface area contributed by atoms with Crippen molar-refractivity contribution in [3.8, 4) is 5.75 Å². The molecule has 1 N–H and O–H groups in total. The normalized spacial score (nSPS) is 21.8. The standard InChI is InChI=1S/C19H17ClN2O3/c20-13-5-7-14(8-6-13)21-18(24)22-10-9-19(12-22)11-16(23)15-3-1-2-4-17(15)25-19/h1-8H,9-12H2,(H,21,24). The van der Waals surface area contributed by atoms with Gasteiger partial charge >= 0.3 is 6.03 Å². The summed E-state index contributed by atoms with van der Waals surface area (Å²) in [5.41, 5.74) is 0.682. The predicted molar refractivity (Wildman–Crippen MR) is 95.4 cm³/mol. The van der Waals surface area contributed by atoms with Crippen molar-refractivity contribution in [3.05, 3.63) is 59.1 Å². The van der Waals surface area contributed by atoms with Gasteiger partial charge in [-0.1, -0.05) is 23.7 Å². The number of Topliss-reactive ketones (excluding diaryl/α,β-unsaturated/α-hetero) is 1. The van der Waals surface area contributed by atoms with E-state index in [1.54, 1.807) is 35.2 Å². The second kappa shape index (κ2) is 6.08. The highest BCUT2D eigenvalue weighted by Gasteiger charge is 2.46. The van der Waals surface area contributed by atoms with Crippen LogP contribution >= 0.6 is 11.6 Å². The number of nitrogens with zero attached hydrogens (tertiary/aromatic N) is 1. The lowest BCUT2D eigenvalue weighted by Gasteiger charge is -2.34. The van der Waals surface area contributed by atoms with Gasteiger partial charge in [0.1, 0.15) is 11.4 Å². The van der Waals surface area contributed by atoms with Crippen LogP contribution < -0.4 is 10.1 Å². The van der Waals surface area contributed by atoms with Crippen LogP contribution in [0.1, 0.15) is 23.2 Å². The van der Waals surface area contributed by atoms with Crippen molar-refractivity contribution in [2.24, 2.45) is 0 Å². The molecule has 2 amide bonds. The highest BCUT2D eigenvalue weighted by atomic mass is 35.5. The highest BCUT2D eigenvalue weighted by molar-refractivity contribution is 6.30. The van der Waals surface area contributed by atoms with Crippen molar-refractivity contribution >= 4 is 29.1 Å². The van der Waals surface area contributed by atoms with Crippen LogP contribution in [0.5, 0.6) is 5.75 Å². The number of fused-ring (bicyclic) bond motifs is 1. The molecule has 25 heavy (non-hydrogen) atoms. The van der Waals surface area contributed by atoms with Gasteiger partial charge in [0.2, 0.25) is 0 Å². The zero-order valence-electron chi connectivity index (χ0n) is 13.5. The summed E-state index contributed by atoms with van der Waals surface area (Å²) in [4.78, 5) is 26.6. The summed E-state index contributed by atoms with van der Waals surface area (Å²) in [6.45, 7) is 0.946. The minimum Gasteiger partial charge on any atom is -0.484 e. The van der Waals surface area contributed by atoms with E-state index in [1.807, 2.05) is 18.2 Å². The molecular formula is C19H17ClN2O3. The molecule has 4 rings (SSSR count). The van der Waals surface area contributed by atoms with E-state index in [0.29, 0.717) is 48.0 Å². The number of benzene rings is 2. The number of ether oxygens (including phenoxy) is 1. The smallest absolute Gasteiger partial charge is 0.321 e. The van der Waals surface area contributed by atoms with Gasteiger partial charge in [0, 0.05) is 23.7 Å². The zero-order chi connectivity index (χ0) is 17.4. The molecular weight excluding hydrogens is 340 g/mol. The third kappa shape index (κ3) is 3.07. The summed E-state index contributed by atoms with van der Waals surface area (Å²) >= 11 is 5.86. The van der Waals surface area contributed by atoms with Crippen molar-refractivity contribution in [1.82, 2.24) is 4.90 Å². The lowest BCUT2D eigenvalue weighted by Crippen LogP contribution is -2.45. The monoisotopic (exact) mass is 356 g/mol. The van der Waals surface area contributed by atoms with E-state index < -0.39 is 5.60 Å². The third-order valence-corrected chi connectivity index (χ3v) is 4.95. The summed E-state index contributed by atoms with van der Waals surface area (Å²) < 4.78 is 6.14. The molecule has 1 spiro atoms. The van der Waals surface area contributed by atoms with Gasteiger partial charge in [-0.05, 0) is 36.4 Å². The SMILES string of the molecule is O=C1CC2(CCN(C(=O)Nc3ccc(Cl)cc3)C2)Oc2ccccc21. The molecule has 0 saturated carbocycles. The van der Waals surface area contributed by atoms with Crippen LogP contribution in [0.25, 0.3) is 0 Å². The molecule has 2 aromatic carbocycles. The molecule has 0 aliphatic carbocycles. The first-order chi connectivity index (χ1) is 12.0. The lowest BCUT2D eigenvalue weighted by molar-refractivity contribution is 0.0482. The van der Waals surface area contributed by atoms with Gasteiger partial charge in [0.15, 0.2) is 5.78 Å². The number of halogens is 1. The molecule has 2 aliphatic rings. The molecule has 1 atom stereocenters. The number of carbonyl (C=O) groups is 2. The molecule has 2 aromatic rings. The highest BCUT2D eigenvalue weighted by Crippen LogP contribution is 2.38. The number of likely N-dealkylation sites (tertiary alicyclic amines) is 1. The van der Waals surface area contributed by atoms with Crippen LogP contribution in [0.2, 0.25) is 5.02 Å². The van der Waals surface area contributed by atoms with Crippen LogP contribution in [0.15, 0.2) is 48.5 Å². The van der Waals surface area contributed by atoms with Crippen molar-refractivity contribution in [3.63, 3.8) is 0 Å². The maximum Gasteiger partial charge on any atom is 0.321 e. The van der Waals surface area contributed by atoms with E-state index >= 15 is 0 Å². The van der Waals surface area contributed by atoms with Gasteiger partial charge in [-0.25, -0.2) is 4.79 Å². The number of hydrogen-bond donors (Lipinski definition) is 1. The Balaban J connectivity index is 1.47. The molecule has 0 bridgehead atoms. The van der Waals surface area contributed by atoms with Gasteiger partial charge in [-0.3, -0.25) is 4.79 Å². The fourth-order valence-electron chi connectivity index (χ4n) is 3.42. The summed E-state index contributed by atoms with van der Waals surface area (Å²) in [6.07, 6.45) is 0.940. The molecule has 5 nitrogen and oxygen atoms in total. The zero-order valence-corrected chi connectivity index (χ0v) is 14.3. The first kappa shape index (κ1) is 16.0. The number of rotatable bonds is 1. The van der Waals surface area contributed by atoms with Gasteiger partial charge in [0.25, 0.3) is 0 Å². The third-order valence-electron chi connectivity index (χ3n) is 4.70. The minimum atomic E-state index is -0.622. The first-order valence-corrected chi connectivity index (χ1v) is 8.55. The average Bonchev–Trinajstić information content (AvgIpc) is 3.00. The maximum absolute atomic E-state index is 12.5. The van der Waals surface area contributed by atoms with Gasteiger partial charge < -0.3 is 15.0 Å². The summed E-state index contributed by atoms with van der Waals surface area (Å²) in [5, 5.41) is 3.47. The Kier molecular flexibility index (Phi) is 3.88. The molecule has 2 heterocycles. The Morgan fingerprint density at radius 2 is 1.92 bits per heavy atom. The van der Waals surface area contributed by atoms with Crippen molar-refractivity contribution in [1.29, 1.82) is 0 Å². The van der Waals surface area contributed by atoms with Crippen molar-refractivity contribution in [2.45, 2.75) is 18.4 Å². The lowest BCUT2D eigenvalue weighted by atomic mass is 9.89. The van der Waals surface area contributed by atoms with Gasteiger partial charge in [0.05, 0.1) is 18.5 Å². The number of nitrogens with one attached hydrogen (secondary N) is 1. The molecule has 1 unspecified atom stereocenters. The first-order valence-electron chi connectivity index (χ1n) is 8.17. The van der Waals surface area contributed by atoms with Crippen LogP contribution in [-0.2, 0) is 0 Å². The van der Waals surface area contributed by atoms with E-state index in [-0.39, 0.29) is 11.8 Å². The fourth-order valence-corrected chi connectivity index (χ4v) is 3.55. The summed E-state index contributed by atoms with van der Waals surface area (Å²) in [5.74, 6) is 0.681. The number of amides is 2. The average molecular weight is 357 g/mol. The Morgan fingerprint density at radius 3 is 2.72 bits per heavy atom. The molecule has 6 heteroatoms. The van der Waals surface area contributed by atoms with E-state index in [2.05, 4.69) is 5.32 Å². The number of urea groups is 1. The predicted octanol–water partition coefficient (Wildman–Crippen LogP) is 3.98. The molecule has 1 saturated heterocycles. The van der Waals surface area contributed by atoms with Crippen LogP contribution in [0, 0.1) is 0 Å².